The zero-order valence-corrected chi connectivity index (χ0v) is 10.8. The molecule has 0 saturated heterocycles. The van der Waals surface area contributed by atoms with Gasteiger partial charge in [0.05, 0.1) is 6.42 Å². The van der Waals surface area contributed by atoms with Crippen molar-refractivity contribution < 1.29 is 4.79 Å². The Kier molecular flexibility index (Phi) is 6.11. The molecule has 0 fully saturated rings. The molecule has 0 spiro atoms. The largest absolute Gasteiger partial charge is 0.356 e. The summed E-state index contributed by atoms with van der Waals surface area (Å²) in [6.45, 7) is 1.39. The highest BCUT2D eigenvalue weighted by Gasteiger charge is 2.02. The predicted molar refractivity (Wildman–Crippen MR) is 69.1 cm³/mol. The lowest BCUT2D eigenvalue weighted by atomic mass is 10.1. The lowest BCUT2D eigenvalue weighted by molar-refractivity contribution is -0.120. The molecular formula is C12H17BrN2O. The first-order valence-corrected chi connectivity index (χ1v) is 6.23. The Morgan fingerprint density at radius 3 is 2.88 bits per heavy atom. The number of nitrogens with one attached hydrogen (secondary N) is 1. The SMILES string of the molecule is NCCCCNC(=O)Cc1cccc(Br)c1. The van der Waals surface area contributed by atoms with Crippen LogP contribution in [-0.4, -0.2) is 19.0 Å². The summed E-state index contributed by atoms with van der Waals surface area (Å²) < 4.78 is 1.00. The molecule has 1 rings (SSSR count). The zero-order valence-electron chi connectivity index (χ0n) is 9.21. The molecule has 0 heterocycles. The number of carbonyl (C=O) groups is 1. The molecule has 3 nitrogen and oxygen atoms in total. The number of hydrogen-bond donors (Lipinski definition) is 2. The molecule has 0 aliphatic carbocycles. The fourth-order valence-corrected chi connectivity index (χ4v) is 1.84. The minimum Gasteiger partial charge on any atom is -0.356 e. The first kappa shape index (κ1) is 13.2. The van der Waals surface area contributed by atoms with E-state index in [2.05, 4.69) is 21.2 Å². The van der Waals surface area contributed by atoms with Crippen molar-refractivity contribution >= 4 is 21.8 Å². The van der Waals surface area contributed by atoms with Gasteiger partial charge in [0.25, 0.3) is 0 Å². The van der Waals surface area contributed by atoms with Gasteiger partial charge in [-0.15, -0.1) is 0 Å². The lowest BCUT2D eigenvalue weighted by Crippen LogP contribution is -2.26. The summed E-state index contributed by atoms with van der Waals surface area (Å²) in [5.74, 6) is 0.0649. The van der Waals surface area contributed by atoms with Gasteiger partial charge in [-0.05, 0) is 37.1 Å². The Hall–Kier alpha value is -0.870. The van der Waals surface area contributed by atoms with Crippen molar-refractivity contribution in [2.24, 2.45) is 5.73 Å². The van der Waals surface area contributed by atoms with Crippen LogP contribution in [0.1, 0.15) is 18.4 Å². The highest BCUT2D eigenvalue weighted by molar-refractivity contribution is 9.10. The number of carbonyl (C=O) groups excluding carboxylic acids is 1. The fourth-order valence-electron chi connectivity index (χ4n) is 1.39. The number of rotatable bonds is 6. The van der Waals surface area contributed by atoms with Gasteiger partial charge < -0.3 is 11.1 Å². The molecule has 88 valence electrons. The molecule has 0 saturated carbocycles. The first-order chi connectivity index (χ1) is 7.72. The Morgan fingerprint density at radius 1 is 1.38 bits per heavy atom. The number of benzene rings is 1. The van der Waals surface area contributed by atoms with Crippen LogP contribution in [0, 0.1) is 0 Å². The van der Waals surface area contributed by atoms with Crippen molar-refractivity contribution in [2.45, 2.75) is 19.3 Å². The molecule has 0 atom stereocenters. The number of amides is 1. The van der Waals surface area contributed by atoms with E-state index in [0.717, 1.165) is 22.9 Å². The molecule has 0 radical (unpaired) electrons. The molecule has 4 heteroatoms. The van der Waals surface area contributed by atoms with E-state index in [1.165, 1.54) is 0 Å². The first-order valence-electron chi connectivity index (χ1n) is 5.43. The maximum Gasteiger partial charge on any atom is 0.224 e. The van der Waals surface area contributed by atoms with Gasteiger partial charge in [-0.1, -0.05) is 28.1 Å². The summed E-state index contributed by atoms with van der Waals surface area (Å²) >= 11 is 3.38. The van der Waals surface area contributed by atoms with Gasteiger partial charge in [-0.2, -0.15) is 0 Å². The molecule has 1 aromatic rings. The van der Waals surface area contributed by atoms with Crippen LogP contribution in [0.25, 0.3) is 0 Å². The van der Waals surface area contributed by atoms with E-state index < -0.39 is 0 Å². The van der Waals surface area contributed by atoms with E-state index in [4.69, 9.17) is 5.73 Å². The zero-order chi connectivity index (χ0) is 11.8. The normalized spacial score (nSPS) is 10.1. The highest BCUT2D eigenvalue weighted by Crippen LogP contribution is 2.11. The summed E-state index contributed by atoms with van der Waals surface area (Å²) in [6, 6.07) is 7.79. The molecule has 1 aromatic carbocycles. The summed E-state index contributed by atoms with van der Waals surface area (Å²) in [5.41, 5.74) is 6.39. The molecule has 0 unspecified atom stereocenters. The minimum absolute atomic E-state index is 0.0649. The van der Waals surface area contributed by atoms with Gasteiger partial charge in [0.2, 0.25) is 5.91 Å². The Balaban J connectivity index is 2.29. The van der Waals surface area contributed by atoms with Gasteiger partial charge in [-0.3, -0.25) is 4.79 Å². The third-order valence-electron chi connectivity index (χ3n) is 2.21. The standard InChI is InChI=1S/C12H17BrN2O/c13-11-5-3-4-10(8-11)9-12(16)15-7-2-1-6-14/h3-5,8H,1-2,6-7,9,14H2,(H,15,16). The fraction of sp³-hybridized carbons (Fsp3) is 0.417. The minimum atomic E-state index is 0.0649. The van der Waals surface area contributed by atoms with Crippen LogP contribution >= 0.6 is 15.9 Å². The second-order valence-electron chi connectivity index (χ2n) is 3.65. The molecule has 3 N–H and O–H groups in total. The predicted octanol–water partition coefficient (Wildman–Crippen LogP) is 1.85. The third-order valence-corrected chi connectivity index (χ3v) is 2.70. The summed E-state index contributed by atoms with van der Waals surface area (Å²) in [7, 11) is 0. The Labute approximate surface area is 105 Å². The van der Waals surface area contributed by atoms with E-state index in [0.29, 0.717) is 19.5 Å². The molecule has 0 aromatic heterocycles. The molecular weight excluding hydrogens is 268 g/mol. The maximum atomic E-state index is 11.5. The molecule has 0 aliphatic rings. The van der Waals surface area contributed by atoms with Gasteiger partial charge in [0, 0.05) is 11.0 Å². The summed E-state index contributed by atoms with van der Waals surface area (Å²) in [4.78, 5) is 11.5. The molecule has 0 bridgehead atoms. The number of nitrogens with two attached hydrogens (primary N) is 1. The number of halogens is 1. The van der Waals surface area contributed by atoms with Gasteiger partial charge in [0.15, 0.2) is 0 Å². The van der Waals surface area contributed by atoms with Crippen molar-refractivity contribution in [1.29, 1.82) is 0 Å². The van der Waals surface area contributed by atoms with E-state index in [9.17, 15) is 4.79 Å². The molecule has 0 aliphatic heterocycles. The lowest BCUT2D eigenvalue weighted by Gasteiger charge is -2.05. The summed E-state index contributed by atoms with van der Waals surface area (Å²) in [5, 5.41) is 2.88. The van der Waals surface area contributed by atoms with Crippen molar-refractivity contribution in [3.05, 3.63) is 34.3 Å². The van der Waals surface area contributed by atoms with E-state index in [1.54, 1.807) is 0 Å². The van der Waals surface area contributed by atoms with E-state index >= 15 is 0 Å². The quantitative estimate of drug-likeness (QED) is 0.784. The summed E-state index contributed by atoms with van der Waals surface area (Å²) in [6.07, 6.45) is 2.33. The van der Waals surface area contributed by atoms with Crippen LogP contribution in [0.15, 0.2) is 28.7 Å². The van der Waals surface area contributed by atoms with Crippen LogP contribution in [0.3, 0.4) is 0 Å². The van der Waals surface area contributed by atoms with E-state index in [1.807, 2.05) is 24.3 Å². The van der Waals surface area contributed by atoms with Crippen LogP contribution in [-0.2, 0) is 11.2 Å². The second-order valence-corrected chi connectivity index (χ2v) is 4.57. The van der Waals surface area contributed by atoms with Crippen molar-refractivity contribution in [2.75, 3.05) is 13.1 Å². The average molecular weight is 285 g/mol. The Morgan fingerprint density at radius 2 is 2.19 bits per heavy atom. The van der Waals surface area contributed by atoms with Gasteiger partial charge >= 0.3 is 0 Å². The van der Waals surface area contributed by atoms with Crippen molar-refractivity contribution in [3.8, 4) is 0 Å². The Bertz CT molecular complexity index is 342. The van der Waals surface area contributed by atoms with Gasteiger partial charge in [0.1, 0.15) is 0 Å². The van der Waals surface area contributed by atoms with Crippen molar-refractivity contribution in [1.82, 2.24) is 5.32 Å². The average Bonchev–Trinajstić information content (AvgIpc) is 2.24. The molecule has 16 heavy (non-hydrogen) atoms. The van der Waals surface area contributed by atoms with Crippen LogP contribution in [0.2, 0.25) is 0 Å². The van der Waals surface area contributed by atoms with Crippen LogP contribution < -0.4 is 11.1 Å². The van der Waals surface area contributed by atoms with Crippen LogP contribution in [0.5, 0.6) is 0 Å². The van der Waals surface area contributed by atoms with Crippen molar-refractivity contribution in [3.63, 3.8) is 0 Å². The van der Waals surface area contributed by atoms with Gasteiger partial charge in [-0.25, -0.2) is 0 Å². The number of unbranched alkanes of at least 4 members (excludes halogenated alkanes) is 1. The van der Waals surface area contributed by atoms with E-state index in [-0.39, 0.29) is 5.91 Å². The topological polar surface area (TPSA) is 55.1 Å². The third kappa shape index (κ3) is 5.28. The number of hydrogen-bond acceptors (Lipinski definition) is 2. The smallest absolute Gasteiger partial charge is 0.224 e. The monoisotopic (exact) mass is 284 g/mol. The maximum absolute atomic E-state index is 11.5. The van der Waals surface area contributed by atoms with Crippen LogP contribution in [0.4, 0.5) is 0 Å². The highest BCUT2D eigenvalue weighted by atomic mass is 79.9. The second kappa shape index (κ2) is 7.41. The molecule has 1 amide bonds.